The molecular formula is C21H33N3O3S. The van der Waals surface area contributed by atoms with Crippen LogP contribution in [0.4, 0.5) is 5.69 Å². The number of nitrogens with zero attached hydrogens (tertiary/aromatic N) is 2. The molecule has 0 radical (unpaired) electrons. The van der Waals surface area contributed by atoms with Crippen molar-refractivity contribution in [2.45, 2.75) is 45.6 Å². The van der Waals surface area contributed by atoms with E-state index in [1.165, 1.54) is 29.1 Å². The van der Waals surface area contributed by atoms with Crippen LogP contribution in [0.5, 0.6) is 0 Å². The van der Waals surface area contributed by atoms with E-state index >= 15 is 0 Å². The van der Waals surface area contributed by atoms with Gasteiger partial charge in [-0.25, -0.2) is 12.7 Å². The predicted molar refractivity (Wildman–Crippen MR) is 113 cm³/mol. The fourth-order valence-electron chi connectivity index (χ4n) is 4.27. The van der Waals surface area contributed by atoms with E-state index in [2.05, 4.69) is 41.4 Å². The molecule has 6 nitrogen and oxygen atoms in total. The lowest BCUT2D eigenvalue weighted by atomic mass is 9.97. The molecule has 2 fully saturated rings. The lowest BCUT2D eigenvalue weighted by Crippen LogP contribution is -2.45. The molecule has 3 rings (SSSR count). The van der Waals surface area contributed by atoms with E-state index in [1.807, 2.05) is 6.92 Å². The second-order valence-electron chi connectivity index (χ2n) is 8.48. The van der Waals surface area contributed by atoms with Crippen molar-refractivity contribution >= 4 is 21.6 Å². The molecule has 7 heteroatoms. The van der Waals surface area contributed by atoms with Gasteiger partial charge in [0.1, 0.15) is 0 Å². The minimum absolute atomic E-state index is 0.0604. The highest BCUT2D eigenvalue weighted by Crippen LogP contribution is 2.25. The number of nitrogens with one attached hydrogen (secondary N) is 1. The van der Waals surface area contributed by atoms with Gasteiger partial charge in [-0.2, -0.15) is 0 Å². The average Bonchev–Trinajstić information content (AvgIpc) is 2.67. The SMILES string of the molecule is CC1CCCN(c2ccc(C(C)NC(=O)C3CCCN(S(C)(=O)=O)C3)cc2)C1. The number of carbonyl (C=O) groups is 1. The van der Waals surface area contributed by atoms with Gasteiger partial charge in [0.05, 0.1) is 18.2 Å². The van der Waals surface area contributed by atoms with Gasteiger partial charge in [0.2, 0.25) is 15.9 Å². The highest BCUT2D eigenvalue weighted by Gasteiger charge is 2.30. The first-order valence-corrected chi connectivity index (χ1v) is 12.2. The smallest absolute Gasteiger partial charge is 0.224 e. The van der Waals surface area contributed by atoms with E-state index in [1.54, 1.807) is 0 Å². The number of sulfonamides is 1. The van der Waals surface area contributed by atoms with Crippen molar-refractivity contribution in [2.24, 2.45) is 11.8 Å². The van der Waals surface area contributed by atoms with Crippen molar-refractivity contribution in [3.8, 4) is 0 Å². The van der Waals surface area contributed by atoms with Crippen LogP contribution in [0.1, 0.15) is 51.1 Å². The maximum absolute atomic E-state index is 12.7. The van der Waals surface area contributed by atoms with Crippen LogP contribution < -0.4 is 10.2 Å². The summed E-state index contributed by atoms with van der Waals surface area (Å²) in [6, 6.07) is 8.35. The summed E-state index contributed by atoms with van der Waals surface area (Å²) in [4.78, 5) is 15.1. The molecule has 2 aliphatic rings. The third-order valence-electron chi connectivity index (χ3n) is 6.00. The van der Waals surface area contributed by atoms with Crippen LogP contribution in [0, 0.1) is 11.8 Å². The monoisotopic (exact) mass is 407 g/mol. The molecule has 1 amide bonds. The number of rotatable bonds is 5. The second kappa shape index (κ2) is 8.82. The van der Waals surface area contributed by atoms with Gasteiger partial charge in [-0.05, 0) is 56.2 Å². The minimum atomic E-state index is -3.24. The summed E-state index contributed by atoms with van der Waals surface area (Å²) < 4.78 is 25.0. The molecule has 0 bridgehead atoms. The lowest BCUT2D eigenvalue weighted by molar-refractivity contribution is -0.126. The minimum Gasteiger partial charge on any atom is -0.371 e. The van der Waals surface area contributed by atoms with Gasteiger partial charge in [-0.3, -0.25) is 4.79 Å². The first-order chi connectivity index (χ1) is 13.2. The molecule has 2 heterocycles. The Hall–Kier alpha value is -1.60. The molecule has 3 atom stereocenters. The number of benzene rings is 1. The molecule has 0 aromatic heterocycles. The van der Waals surface area contributed by atoms with Gasteiger partial charge in [-0.15, -0.1) is 0 Å². The van der Waals surface area contributed by atoms with Crippen LogP contribution in [0.2, 0.25) is 0 Å². The first kappa shape index (κ1) is 21.1. The molecule has 1 aromatic rings. The molecule has 156 valence electrons. The average molecular weight is 408 g/mol. The fourth-order valence-corrected chi connectivity index (χ4v) is 5.18. The van der Waals surface area contributed by atoms with E-state index in [4.69, 9.17) is 0 Å². The van der Waals surface area contributed by atoms with Crippen LogP contribution in [0.25, 0.3) is 0 Å². The van der Waals surface area contributed by atoms with Crippen LogP contribution in [-0.2, 0) is 14.8 Å². The van der Waals surface area contributed by atoms with Gasteiger partial charge in [0, 0.05) is 31.9 Å². The Morgan fingerprint density at radius 1 is 1.11 bits per heavy atom. The maximum atomic E-state index is 12.7. The summed E-state index contributed by atoms with van der Waals surface area (Å²) in [7, 11) is -3.24. The zero-order valence-corrected chi connectivity index (χ0v) is 18.0. The van der Waals surface area contributed by atoms with Crippen LogP contribution in [0.15, 0.2) is 24.3 Å². The molecule has 2 saturated heterocycles. The highest BCUT2D eigenvalue weighted by molar-refractivity contribution is 7.88. The molecule has 0 saturated carbocycles. The molecule has 0 spiro atoms. The zero-order chi connectivity index (χ0) is 20.3. The Balaban J connectivity index is 1.58. The zero-order valence-electron chi connectivity index (χ0n) is 17.2. The Kier molecular flexibility index (Phi) is 6.65. The van der Waals surface area contributed by atoms with Crippen molar-refractivity contribution in [3.05, 3.63) is 29.8 Å². The van der Waals surface area contributed by atoms with Crippen LogP contribution in [-0.4, -0.2) is 51.1 Å². The summed E-state index contributed by atoms with van der Waals surface area (Å²) in [5, 5.41) is 3.07. The van der Waals surface area contributed by atoms with Gasteiger partial charge in [0.15, 0.2) is 0 Å². The van der Waals surface area contributed by atoms with Crippen LogP contribution >= 0.6 is 0 Å². The van der Waals surface area contributed by atoms with Gasteiger partial charge >= 0.3 is 0 Å². The molecule has 0 aliphatic carbocycles. The van der Waals surface area contributed by atoms with Gasteiger partial charge in [-0.1, -0.05) is 19.1 Å². The Bertz CT molecular complexity index is 779. The molecule has 2 aliphatic heterocycles. The summed E-state index contributed by atoms with van der Waals surface area (Å²) in [5.41, 5.74) is 2.31. The van der Waals surface area contributed by atoms with E-state index in [-0.39, 0.29) is 24.4 Å². The first-order valence-electron chi connectivity index (χ1n) is 10.3. The molecule has 28 heavy (non-hydrogen) atoms. The Morgan fingerprint density at radius 3 is 2.43 bits per heavy atom. The lowest BCUT2D eigenvalue weighted by Gasteiger charge is -2.33. The summed E-state index contributed by atoms with van der Waals surface area (Å²) in [6.45, 7) is 7.28. The second-order valence-corrected chi connectivity index (χ2v) is 10.5. The van der Waals surface area contributed by atoms with E-state index in [9.17, 15) is 13.2 Å². The maximum Gasteiger partial charge on any atom is 0.224 e. The number of hydrogen-bond acceptors (Lipinski definition) is 4. The quantitative estimate of drug-likeness (QED) is 0.815. The van der Waals surface area contributed by atoms with Crippen molar-refractivity contribution in [3.63, 3.8) is 0 Å². The normalized spacial score (nSPS) is 25.3. The number of carbonyl (C=O) groups excluding carboxylic acids is 1. The van der Waals surface area contributed by atoms with E-state index < -0.39 is 10.0 Å². The molecular weight excluding hydrogens is 374 g/mol. The number of amides is 1. The summed E-state index contributed by atoms with van der Waals surface area (Å²) in [6.07, 6.45) is 5.20. The van der Waals surface area contributed by atoms with E-state index in [0.29, 0.717) is 6.54 Å². The molecule has 1 N–H and O–H groups in total. The van der Waals surface area contributed by atoms with Crippen molar-refractivity contribution < 1.29 is 13.2 Å². The predicted octanol–water partition coefficient (Wildman–Crippen LogP) is 2.77. The Labute approximate surface area is 169 Å². The Morgan fingerprint density at radius 2 is 1.79 bits per heavy atom. The van der Waals surface area contributed by atoms with Crippen molar-refractivity contribution in [1.82, 2.24) is 9.62 Å². The molecule has 3 unspecified atom stereocenters. The van der Waals surface area contributed by atoms with Gasteiger partial charge in [0.25, 0.3) is 0 Å². The number of hydrogen-bond donors (Lipinski definition) is 1. The van der Waals surface area contributed by atoms with Crippen molar-refractivity contribution in [1.29, 1.82) is 0 Å². The fraction of sp³-hybridized carbons (Fsp3) is 0.667. The largest absolute Gasteiger partial charge is 0.371 e. The summed E-state index contributed by atoms with van der Waals surface area (Å²) >= 11 is 0. The molecule has 1 aromatic carbocycles. The summed E-state index contributed by atoms with van der Waals surface area (Å²) in [5.74, 6) is 0.392. The standard InChI is InChI=1S/C21H33N3O3S/c1-16-6-4-12-23(14-16)20-10-8-18(9-11-20)17(2)22-21(25)19-7-5-13-24(15-19)28(3,26)27/h8-11,16-17,19H,4-7,12-15H2,1-3H3,(H,22,25). The van der Waals surface area contributed by atoms with Gasteiger partial charge < -0.3 is 10.2 Å². The topological polar surface area (TPSA) is 69.7 Å². The van der Waals surface area contributed by atoms with Crippen molar-refractivity contribution in [2.75, 3.05) is 37.3 Å². The third-order valence-corrected chi connectivity index (χ3v) is 7.27. The van der Waals surface area contributed by atoms with Crippen LogP contribution in [0.3, 0.4) is 0 Å². The number of piperidine rings is 2. The third kappa shape index (κ3) is 5.26. The highest BCUT2D eigenvalue weighted by atomic mass is 32.2. The van der Waals surface area contributed by atoms with E-state index in [0.717, 1.165) is 37.4 Å². The number of anilines is 1.